The third kappa shape index (κ3) is 3.33. The SMILES string of the molecule is Cc1cncc(CNC(=O)C2=Nc3cc4c(cc3C2)CN=C4c2ccncc2)c1. The molecule has 142 valence electrons. The first kappa shape index (κ1) is 17.4. The first-order valence-corrected chi connectivity index (χ1v) is 9.55. The molecule has 2 aromatic heterocycles. The smallest absolute Gasteiger partial charge is 0.266 e. The van der Waals surface area contributed by atoms with E-state index in [0.717, 1.165) is 39.2 Å². The van der Waals surface area contributed by atoms with Crippen molar-refractivity contribution in [3.63, 3.8) is 0 Å². The molecule has 0 radical (unpaired) electrons. The lowest BCUT2D eigenvalue weighted by molar-refractivity contribution is -0.115. The summed E-state index contributed by atoms with van der Waals surface area (Å²) < 4.78 is 0. The molecule has 0 spiro atoms. The zero-order chi connectivity index (χ0) is 19.8. The number of pyridine rings is 2. The molecule has 0 saturated carbocycles. The number of hydrogen-bond acceptors (Lipinski definition) is 5. The molecule has 0 fully saturated rings. The lowest BCUT2D eigenvalue weighted by atomic mass is 9.97. The molecule has 29 heavy (non-hydrogen) atoms. The number of hydrogen-bond donors (Lipinski definition) is 1. The monoisotopic (exact) mass is 381 g/mol. The van der Waals surface area contributed by atoms with E-state index in [2.05, 4.69) is 32.4 Å². The molecule has 0 atom stereocenters. The average molecular weight is 381 g/mol. The molecule has 6 nitrogen and oxygen atoms in total. The molecule has 1 amide bonds. The first-order valence-electron chi connectivity index (χ1n) is 9.55. The molecule has 0 bridgehead atoms. The Labute approximate surface area is 168 Å². The van der Waals surface area contributed by atoms with Crippen LogP contribution >= 0.6 is 0 Å². The van der Waals surface area contributed by atoms with Gasteiger partial charge in [0.1, 0.15) is 5.71 Å². The number of aliphatic imine (C=N–C) groups is 2. The van der Waals surface area contributed by atoms with Crippen LogP contribution in [0.2, 0.25) is 0 Å². The van der Waals surface area contributed by atoms with Crippen LogP contribution in [0.1, 0.15) is 33.4 Å². The highest BCUT2D eigenvalue weighted by Crippen LogP contribution is 2.34. The minimum atomic E-state index is -0.133. The highest BCUT2D eigenvalue weighted by Gasteiger charge is 2.25. The molecule has 1 aromatic carbocycles. The van der Waals surface area contributed by atoms with E-state index < -0.39 is 0 Å². The molecule has 0 unspecified atom stereocenters. The number of nitrogens with one attached hydrogen (secondary N) is 1. The van der Waals surface area contributed by atoms with Gasteiger partial charge in [0.05, 0.1) is 17.9 Å². The molecular weight excluding hydrogens is 362 g/mol. The van der Waals surface area contributed by atoms with Crippen LogP contribution in [0.5, 0.6) is 0 Å². The topological polar surface area (TPSA) is 79.6 Å². The van der Waals surface area contributed by atoms with Crippen LogP contribution in [0.25, 0.3) is 0 Å². The van der Waals surface area contributed by atoms with Crippen molar-refractivity contribution in [1.82, 2.24) is 15.3 Å². The minimum absolute atomic E-state index is 0.133. The lowest BCUT2D eigenvalue weighted by Crippen LogP contribution is -2.30. The number of aryl methyl sites for hydroxylation is 1. The lowest BCUT2D eigenvalue weighted by Gasteiger charge is -2.06. The van der Waals surface area contributed by atoms with Crippen LogP contribution in [0, 0.1) is 6.92 Å². The van der Waals surface area contributed by atoms with Gasteiger partial charge < -0.3 is 5.32 Å². The van der Waals surface area contributed by atoms with Gasteiger partial charge in [-0.1, -0.05) is 12.1 Å². The molecule has 0 aliphatic carbocycles. The number of fused-ring (bicyclic) bond motifs is 2. The van der Waals surface area contributed by atoms with E-state index in [4.69, 9.17) is 4.99 Å². The number of amides is 1. The molecule has 2 aliphatic heterocycles. The highest BCUT2D eigenvalue weighted by molar-refractivity contribution is 6.41. The Balaban J connectivity index is 1.35. The summed E-state index contributed by atoms with van der Waals surface area (Å²) in [5.74, 6) is -0.133. The number of nitrogens with zero attached hydrogens (tertiary/aromatic N) is 4. The zero-order valence-corrected chi connectivity index (χ0v) is 16.0. The highest BCUT2D eigenvalue weighted by atomic mass is 16.1. The Morgan fingerprint density at radius 3 is 2.76 bits per heavy atom. The van der Waals surface area contributed by atoms with Crippen LogP contribution in [0.3, 0.4) is 0 Å². The third-order valence-electron chi connectivity index (χ3n) is 5.18. The fourth-order valence-corrected chi connectivity index (χ4v) is 3.78. The molecule has 3 aromatic rings. The molecule has 6 heteroatoms. The number of rotatable bonds is 4. The van der Waals surface area contributed by atoms with Crippen molar-refractivity contribution < 1.29 is 4.79 Å². The summed E-state index contributed by atoms with van der Waals surface area (Å²) in [5.41, 5.74) is 8.81. The minimum Gasteiger partial charge on any atom is -0.347 e. The zero-order valence-electron chi connectivity index (χ0n) is 16.0. The van der Waals surface area contributed by atoms with E-state index in [0.29, 0.717) is 25.2 Å². The number of aromatic nitrogens is 2. The van der Waals surface area contributed by atoms with Crippen molar-refractivity contribution in [3.05, 3.63) is 88.5 Å². The Hall–Kier alpha value is -3.67. The Bertz CT molecular complexity index is 1180. The van der Waals surface area contributed by atoms with Gasteiger partial charge in [0, 0.05) is 48.9 Å². The largest absolute Gasteiger partial charge is 0.347 e. The van der Waals surface area contributed by atoms with E-state index in [1.165, 1.54) is 5.56 Å². The van der Waals surface area contributed by atoms with Crippen molar-refractivity contribution in [2.75, 3.05) is 0 Å². The predicted octanol–water partition coefficient (Wildman–Crippen LogP) is 3.08. The van der Waals surface area contributed by atoms with Crippen molar-refractivity contribution in [2.24, 2.45) is 9.98 Å². The average Bonchev–Trinajstić information content (AvgIpc) is 3.34. The van der Waals surface area contributed by atoms with Gasteiger partial charge in [0.25, 0.3) is 5.91 Å². The number of carbonyl (C=O) groups excluding carboxylic acids is 1. The maximum absolute atomic E-state index is 12.6. The van der Waals surface area contributed by atoms with Gasteiger partial charge in [0.15, 0.2) is 0 Å². The van der Waals surface area contributed by atoms with Gasteiger partial charge in [-0.2, -0.15) is 0 Å². The van der Waals surface area contributed by atoms with Gasteiger partial charge in [-0.25, -0.2) is 4.99 Å². The summed E-state index contributed by atoms with van der Waals surface area (Å²) in [6.07, 6.45) is 7.65. The molecule has 2 aliphatic rings. The van der Waals surface area contributed by atoms with Crippen molar-refractivity contribution in [1.29, 1.82) is 0 Å². The molecule has 5 rings (SSSR count). The van der Waals surface area contributed by atoms with E-state index in [1.54, 1.807) is 24.8 Å². The maximum Gasteiger partial charge on any atom is 0.266 e. The summed E-state index contributed by atoms with van der Waals surface area (Å²) >= 11 is 0. The summed E-state index contributed by atoms with van der Waals surface area (Å²) in [4.78, 5) is 30.2. The van der Waals surface area contributed by atoms with Gasteiger partial charge >= 0.3 is 0 Å². The van der Waals surface area contributed by atoms with Gasteiger partial charge in [-0.3, -0.25) is 19.8 Å². The second-order valence-electron chi connectivity index (χ2n) is 7.33. The van der Waals surface area contributed by atoms with Crippen LogP contribution < -0.4 is 5.32 Å². The Morgan fingerprint density at radius 1 is 1.07 bits per heavy atom. The second-order valence-corrected chi connectivity index (χ2v) is 7.33. The fraction of sp³-hybridized carbons (Fsp3) is 0.174. The Morgan fingerprint density at radius 2 is 1.93 bits per heavy atom. The number of benzene rings is 1. The third-order valence-corrected chi connectivity index (χ3v) is 5.18. The molecule has 0 saturated heterocycles. The maximum atomic E-state index is 12.6. The van der Waals surface area contributed by atoms with Gasteiger partial charge in [-0.15, -0.1) is 0 Å². The van der Waals surface area contributed by atoms with Gasteiger partial charge in [0.2, 0.25) is 0 Å². The van der Waals surface area contributed by atoms with Crippen LogP contribution in [-0.4, -0.2) is 27.3 Å². The van der Waals surface area contributed by atoms with E-state index in [1.807, 2.05) is 25.1 Å². The van der Waals surface area contributed by atoms with Crippen molar-refractivity contribution >= 4 is 23.0 Å². The normalized spacial score (nSPS) is 14.1. The summed E-state index contributed by atoms with van der Waals surface area (Å²) in [5, 5.41) is 2.95. The first-order chi connectivity index (χ1) is 14.2. The summed E-state index contributed by atoms with van der Waals surface area (Å²) in [6.45, 7) is 3.08. The van der Waals surface area contributed by atoms with Crippen LogP contribution in [0.15, 0.2) is 65.1 Å². The van der Waals surface area contributed by atoms with E-state index in [9.17, 15) is 4.79 Å². The molecular formula is C23H19N5O. The predicted molar refractivity (Wildman–Crippen MR) is 112 cm³/mol. The second kappa shape index (κ2) is 7.05. The van der Waals surface area contributed by atoms with E-state index in [-0.39, 0.29) is 5.91 Å². The van der Waals surface area contributed by atoms with Crippen LogP contribution in [0.4, 0.5) is 5.69 Å². The fourth-order valence-electron chi connectivity index (χ4n) is 3.78. The quantitative estimate of drug-likeness (QED) is 0.754. The molecule has 4 heterocycles. The molecule has 1 N–H and O–H groups in total. The summed E-state index contributed by atoms with van der Waals surface area (Å²) in [6, 6.07) is 10.1. The van der Waals surface area contributed by atoms with Crippen molar-refractivity contribution in [2.45, 2.75) is 26.4 Å². The van der Waals surface area contributed by atoms with Crippen molar-refractivity contribution in [3.8, 4) is 0 Å². The summed E-state index contributed by atoms with van der Waals surface area (Å²) in [7, 11) is 0. The standard InChI is InChI=1S/C23H19N5O/c1-14-6-15(11-25-10-14)12-27-23(29)21-8-17-7-18-13-26-22(16-2-4-24-5-3-16)19(18)9-20(17)28-21/h2-7,9-11H,8,12-13H2,1H3,(H,27,29). The van der Waals surface area contributed by atoms with Gasteiger partial charge in [-0.05, 0) is 47.4 Å². The van der Waals surface area contributed by atoms with E-state index >= 15 is 0 Å². The van der Waals surface area contributed by atoms with Crippen LogP contribution in [-0.2, 0) is 24.3 Å². The number of carbonyl (C=O) groups is 1. The Kier molecular flexibility index (Phi) is 4.24.